The molecule has 3 aromatic rings. The lowest BCUT2D eigenvalue weighted by Gasteiger charge is -2.19. The minimum atomic E-state index is -0.595. The van der Waals surface area contributed by atoms with Crippen molar-refractivity contribution < 1.29 is 23.8 Å². The smallest absolute Gasteiger partial charge is 0.338 e. The largest absolute Gasteiger partial charge is 0.454 e. The quantitative estimate of drug-likeness (QED) is 0.610. The van der Waals surface area contributed by atoms with Crippen LogP contribution in [0.25, 0.3) is 0 Å². The van der Waals surface area contributed by atoms with Gasteiger partial charge >= 0.3 is 5.97 Å². The lowest BCUT2D eigenvalue weighted by Crippen LogP contribution is -2.33. The molecule has 4 rings (SSSR count). The van der Waals surface area contributed by atoms with E-state index >= 15 is 0 Å². The van der Waals surface area contributed by atoms with Crippen LogP contribution >= 0.6 is 0 Å². The SMILES string of the molecule is O=C(COC(=O)c1ccc2c(c1)OCO2)N[C@H](Cc1ccccc1)c1ccccc1. The van der Waals surface area contributed by atoms with Gasteiger partial charge < -0.3 is 19.5 Å². The Morgan fingerprint density at radius 1 is 0.900 bits per heavy atom. The minimum Gasteiger partial charge on any atom is -0.454 e. The Balaban J connectivity index is 1.38. The number of hydrogen-bond donors (Lipinski definition) is 1. The fraction of sp³-hybridized carbons (Fsp3) is 0.167. The summed E-state index contributed by atoms with van der Waals surface area (Å²) in [5.41, 5.74) is 2.39. The topological polar surface area (TPSA) is 73.9 Å². The first-order valence-corrected chi connectivity index (χ1v) is 9.64. The highest BCUT2D eigenvalue weighted by Crippen LogP contribution is 2.32. The first kappa shape index (κ1) is 19.5. The van der Waals surface area contributed by atoms with Crippen molar-refractivity contribution in [3.8, 4) is 11.5 Å². The molecule has 1 heterocycles. The molecule has 1 atom stereocenters. The van der Waals surface area contributed by atoms with Crippen molar-refractivity contribution in [1.82, 2.24) is 5.32 Å². The van der Waals surface area contributed by atoms with Crippen LogP contribution in [0.4, 0.5) is 0 Å². The Morgan fingerprint density at radius 3 is 2.37 bits per heavy atom. The monoisotopic (exact) mass is 403 g/mol. The molecule has 1 amide bonds. The average molecular weight is 403 g/mol. The number of rotatable bonds is 7. The fourth-order valence-electron chi connectivity index (χ4n) is 3.26. The van der Waals surface area contributed by atoms with E-state index in [1.807, 2.05) is 60.7 Å². The molecule has 1 N–H and O–H groups in total. The van der Waals surface area contributed by atoms with Crippen LogP contribution in [0.15, 0.2) is 78.9 Å². The summed E-state index contributed by atoms with van der Waals surface area (Å²) in [6, 6.07) is 24.2. The Bertz CT molecular complexity index is 1020. The van der Waals surface area contributed by atoms with Gasteiger partial charge in [-0.25, -0.2) is 4.79 Å². The highest BCUT2D eigenvalue weighted by Gasteiger charge is 2.19. The van der Waals surface area contributed by atoms with Crippen molar-refractivity contribution in [2.24, 2.45) is 0 Å². The second kappa shape index (κ2) is 9.13. The molecule has 30 heavy (non-hydrogen) atoms. The van der Waals surface area contributed by atoms with Gasteiger partial charge in [0.2, 0.25) is 6.79 Å². The molecule has 0 saturated heterocycles. The van der Waals surface area contributed by atoms with Crippen LogP contribution in [-0.4, -0.2) is 25.3 Å². The van der Waals surface area contributed by atoms with Gasteiger partial charge in [-0.05, 0) is 35.7 Å². The van der Waals surface area contributed by atoms with E-state index in [2.05, 4.69) is 5.32 Å². The van der Waals surface area contributed by atoms with E-state index in [1.54, 1.807) is 18.2 Å². The molecule has 3 aromatic carbocycles. The van der Waals surface area contributed by atoms with Gasteiger partial charge in [0.25, 0.3) is 5.91 Å². The van der Waals surface area contributed by atoms with Gasteiger partial charge in [0, 0.05) is 0 Å². The van der Waals surface area contributed by atoms with Crippen molar-refractivity contribution in [3.05, 3.63) is 95.6 Å². The Morgan fingerprint density at radius 2 is 1.60 bits per heavy atom. The molecule has 0 bridgehead atoms. The number of ether oxygens (including phenoxy) is 3. The van der Waals surface area contributed by atoms with Crippen LogP contribution in [0.2, 0.25) is 0 Å². The standard InChI is InChI=1S/C24H21NO5/c26-23(15-28-24(27)19-11-12-21-22(14-19)30-16-29-21)25-20(18-9-5-2-6-10-18)13-17-7-3-1-4-8-17/h1-12,14,20H,13,15-16H2,(H,25,26)/t20-/m1/s1. The molecule has 0 spiro atoms. The van der Waals surface area contributed by atoms with Crippen molar-refractivity contribution in [2.45, 2.75) is 12.5 Å². The summed E-state index contributed by atoms with van der Waals surface area (Å²) in [6.07, 6.45) is 0.632. The van der Waals surface area contributed by atoms with Crippen LogP contribution in [0.5, 0.6) is 11.5 Å². The van der Waals surface area contributed by atoms with E-state index in [0.717, 1.165) is 11.1 Å². The van der Waals surface area contributed by atoms with E-state index < -0.39 is 5.97 Å². The lowest BCUT2D eigenvalue weighted by molar-refractivity contribution is -0.125. The van der Waals surface area contributed by atoms with Crippen LogP contribution < -0.4 is 14.8 Å². The zero-order valence-electron chi connectivity index (χ0n) is 16.2. The summed E-state index contributed by atoms with van der Waals surface area (Å²) in [4.78, 5) is 24.8. The zero-order chi connectivity index (χ0) is 20.8. The Labute approximate surface area is 174 Å². The molecule has 1 aliphatic rings. The highest BCUT2D eigenvalue weighted by molar-refractivity contribution is 5.92. The number of nitrogens with one attached hydrogen (secondary N) is 1. The molecule has 0 radical (unpaired) electrons. The highest BCUT2D eigenvalue weighted by atomic mass is 16.7. The summed E-state index contributed by atoms with van der Waals surface area (Å²) in [5, 5.41) is 2.97. The van der Waals surface area contributed by atoms with Crippen LogP contribution in [-0.2, 0) is 16.0 Å². The Hall–Kier alpha value is -3.80. The number of fused-ring (bicyclic) bond motifs is 1. The van der Waals surface area contributed by atoms with Crippen LogP contribution in [0.3, 0.4) is 0 Å². The fourth-order valence-corrected chi connectivity index (χ4v) is 3.26. The summed E-state index contributed by atoms with van der Waals surface area (Å²) in [7, 11) is 0. The molecule has 0 aromatic heterocycles. The van der Waals surface area contributed by atoms with Crippen molar-refractivity contribution in [2.75, 3.05) is 13.4 Å². The van der Waals surface area contributed by atoms with Gasteiger partial charge in [-0.2, -0.15) is 0 Å². The lowest BCUT2D eigenvalue weighted by atomic mass is 9.99. The second-order valence-electron chi connectivity index (χ2n) is 6.86. The molecule has 6 nitrogen and oxygen atoms in total. The molecule has 0 aliphatic carbocycles. The number of benzene rings is 3. The van der Waals surface area contributed by atoms with Gasteiger partial charge in [0.05, 0.1) is 11.6 Å². The second-order valence-corrected chi connectivity index (χ2v) is 6.86. The third-order valence-electron chi connectivity index (χ3n) is 4.76. The summed E-state index contributed by atoms with van der Waals surface area (Å²) in [6.45, 7) is -0.246. The summed E-state index contributed by atoms with van der Waals surface area (Å²) in [5.74, 6) is 0.105. The van der Waals surface area contributed by atoms with Crippen LogP contribution in [0.1, 0.15) is 27.5 Å². The van der Waals surface area contributed by atoms with Crippen LogP contribution in [0, 0.1) is 0 Å². The average Bonchev–Trinajstić information content (AvgIpc) is 3.26. The van der Waals surface area contributed by atoms with E-state index in [9.17, 15) is 9.59 Å². The number of carbonyl (C=O) groups is 2. The van der Waals surface area contributed by atoms with E-state index in [1.165, 1.54) is 0 Å². The molecule has 1 aliphatic heterocycles. The maximum atomic E-state index is 12.5. The maximum absolute atomic E-state index is 12.5. The molecular formula is C24H21NO5. The number of hydrogen-bond acceptors (Lipinski definition) is 5. The third-order valence-corrected chi connectivity index (χ3v) is 4.76. The van der Waals surface area contributed by atoms with Crippen molar-refractivity contribution >= 4 is 11.9 Å². The molecule has 6 heteroatoms. The van der Waals surface area contributed by atoms with Gasteiger partial charge in [-0.3, -0.25) is 4.79 Å². The Kier molecular flexibility index (Phi) is 5.94. The molecular weight excluding hydrogens is 382 g/mol. The van der Waals surface area contributed by atoms with E-state index in [-0.39, 0.29) is 25.3 Å². The van der Waals surface area contributed by atoms with Gasteiger partial charge in [-0.15, -0.1) is 0 Å². The summed E-state index contributed by atoms with van der Waals surface area (Å²) < 4.78 is 15.7. The number of carbonyl (C=O) groups excluding carboxylic acids is 2. The molecule has 152 valence electrons. The van der Waals surface area contributed by atoms with Gasteiger partial charge in [-0.1, -0.05) is 60.7 Å². The maximum Gasteiger partial charge on any atom is 0.338 e. The van der Waals surface area contributed by atoms with E-state index in [0.29, 0.717) is 23.5 Å². The molecule has 0 saturated carbocycles. The molecule has 0 unspecified atom stereocenters. The first-order valence-electron chi connectivity index (χ1n) is 9.64. The molecule has 0 fully saturated rings. The predicted octanol–water partition coefficient (Wildman–Crippen LogP) is 3.67. The van der Waals surface area contributed by atoms with Gasteiger partial charge in [0.15, 0.2) is 18.1 Å². The minimum absolute atomic E-state index is 0.124. The van der Waals surface area contributed by atoms with Crippen molar-refractivity contribution in [1.29, 1.82) is 0 Å². The van der Waals surface area contributed by atoms with Crippen molar-refractivity contribution in [3.63, 3.8) is 0 Å². The number of amides is 1. The number of esters is 1. The van der Waals surface area contributed by atoms with E-state index in [4.69, 9.17) is 14.2 Å². The van der Waals surface area contributed by atoms with Gasteiger partial charge in [0.1, 0.15) is 0 Å². The zero-order valence-corrected chi connectivity index (χ0v) is 16.2. The third kappa shape index (κ3) is 4.78. The summed E-state index contributed by atoms with van der Waals surface area (Å²) >= 11 is 0. The predicted molar refractivity (Wildman–Crippen MR) is 110 cm³/mol. The first-order chi connectivity index (χ1) is 14.7. The normalized spacial score (nSPS) is 12.8.